The minimum absolute atomic E-state index is 0.122. The van der Waals surface area contributed by atoms with E-state index in [9.17, 15) is 0 Å². The average molecular weight is 257 g/mol. The molecule has 2 unspecified atom stereocenters. The summed E-state index contributed by atoms with van der Waals surface area (Å²) in [6.07, 6.45) is 2.35. The van der Waals surface area contributed by atoms with E-state index in [-0.39, 0.29) is 11.5 Å². The van der Waals surface area contributed by atoms with Crippen LogP contribution in [0.3, 0.4) is 0 Å². The third kappa shape index (κ3) is 8.30. The van der Waals surface area contributed by atoms with Crippen molar-refractivity contribution in [2.75, 3.05) is 20.1 Å². The molecular weight excluding hydrogens is 230 g/mol. The lowest BCUT2D eigenvalue weighted by Crippen LogP contribution is -2.46. The molecule has 0 heterocycles. The van der Waals surface area contributed by atoms with Crippen molar-refractivity contribution >= 4 is 12.6 Å². The van der Waals surface area contributed by atoms with E-state index in [4.69, 9.17) is 0 Å². The molecule has 0 aromatic heterocycles. The number of nitrogens with one attached hydrogen (secondary N) is 2. The summed E-state index contributed by atoms with van der Waals surface area (Å²) in [6, 6.07) is 0. The van der Waals surface area contributed by atoms with E-state index in [1.54, 1.807) is 0 Å². The van der Waals surface area contributed by atoms with E-state index >= 15 is 0 Å². The van der Waals surface area contributed by atoms with E-state index < -0.39 is 0 Å². The molecule has 0 saturated heterocycles. The zero-order valence-corrected chi connectivity index (χ0v) is 12.6. The second-order valence-corrected chi connectivity index (χ2v) is 5.18. The Morgan fingerprint density at radius 3 is 2.53 bits per heavy atom. The van der Waals surface area contributed by atoms with Gasteiger partial charge in [-0.2, -0.15) is 12.6 Å². The first-order chi connectivity index (χ1) is 7.86. The van der Waals surface area contributed by atoms with E-state index in [2.05, 4.69) is 68.5 Å². The summed E-state index contributed by atoms with van der Waals surface area (Å²) in [5.41, 5.74) is 2.27. The molecular formula is C13H27N3S. The molecule has 0 spiro atoms. The van der Waals surface area contributed by atoms with Crippen molar-refractivity contribution in [3.8, 4) is 0 Å². The maximum absolute atomic E-state index is 4.53. The Hall–Kier alpha value is -0.450. The molecule has 0 aromatic carbocycles. The van der Waals surface area contributed by atoms with Crippen molar-refractivity contribution < 1.29 is 0 Å². The van der Waals surface area contributed by atoms with Gasteiger partial charge in [-0.1, -0.05) is 19.1 Å². The molecule has 0 aliphatic carbocycles. The van der Waals surface area contributed by atoms with Crippen LogP contribution in [0, 0.1) is 0 Å². The number of thiol groups is 1. The molecule has 0 aliphatic heterocycles. The SMILES string of the molecule is C=C(C=C(C)C)N(C)CC(S)NC(C)NCC. The third-order valence-corrected chi connectivity index (χ3v) is 2.66. The zero-order chi connectivity index (χ0) is 13.4. The predicted octanol–water partition coefficient (Wildman–Crippen LogP) is 2.20. The molecule has 0 aliphatic rings. The van der Waals surface area contributed by atoms with E-state index in [1.807, 2.05) is 7.05 Å². The predicted molar refractivity (Wildman–Crippen MR) is 80.2 cm³/mol. The van der Waals surface area contributed by atoms with Crippen LogP contribution in [0.4, 0.5) is 0 Å². The van der Waals surface area contributed by atoms with Crippen molar-refractivity contribution in [3.05, 3.63) is 23.9 Å². The lowest BCUT2D eigenvalue weighted by Gasteiger charge is -2.26. The second-order valence-electron chi connectivity index (χ2n) is 4.56. The van der Waals surface area contributed by atoms with Crippen LogP contribution in [0.2, 0.25) is 0 Å². The Kier molecular flexibility index (Phi) is 8.39. The van der Waals surface area contributed by atoms with Crippen molar-refractivity contribution in [2.45, 2.75) is 39.2 Å². The topological polar surface area (TPSA) is 27.3 Å². The van der Waals surface area contributed by atoms with Gasteiger partial charge in [0.1, 0.15) is 0 Å². The molecule has 0 radical (unpaired) electrons. The summed E-state index contributed by atoms with van der Waals surface area (Å²) in [5.74, 6) is 0. The quantitative estimate of drug-likeness (QED) is 0.353. The fourth-order valence-corrected chi connectivity index (χ4v) is 2.00. The summed E-state index contributed by atoms with van der Waals surface area (Å²) in [4.78, 5) is 2.11. The van der Waals surface area contributed by atoms with Gasteiger partial charge in [-0.15, -0.1) is 0 Å². The number of hydrogen-bond acceptors (Lipinski definition) is 4. The fourth-order valence-electron chi connectivity index (χ4n) is 1.53. The highest BCUT2D eigenvalue weighted by Gasteiger charge is 2.09. The molecule has 0 bridgehead atoms. The summed E-state index contributed by atoms with van der Waals surface area (Å²) in [5, 5.41) is 6.79. The molecule has 0 aromatic rings. The van der Waals surface area contributed by atoms with Gasteiger partial charge in [0.25, 0.3) is 0 Å². The molecule has 0 fully saturated rings. The molecule has 0 saturated carbocycles. The molecule has 100 valence electrons. The van der Waals surface area contributed by atoms with Gasteiger partial charge in [0.05, 0.1) is 11.5 Å². The first-order valence-corrected chi connectivity index (χ1v) is 6.60. The highest BCUT2D eigenvalue weighted by atomic mass is 32.1. The molecule has 0 amide bonds. The smallest absolute Gasteiger partial charge is 0.0691 e. The van der Waals surface area contributed by atoms with Crippen molar-refractivity contribution in [2.24, 2.45) is 0 Å². The van der Waals surface area contributed by atoms with Crippen molar-refractivity contribution in [3.63, 3.8) is 0 Å². The summed E-state index contributed by atoms with van der Waals surface area (Å²) in [6.45, 7) is 14.1. The Bertz CT molecular complexity index is 259. The van der Waals surface area contributed by atoms with Crippen LogP contribution >= 0.6 is 12.6 Å². The molecule has 2 atom stereocenters. The minimum atomic E-state index is 0.122. The van der Waals surface area contributed by atoms with Crippen molar-refractivity contribution in [1.82, 2.24) is 15.5 Å². The molecule has 3 nitrogen and oxygen atoms in total. The maximum atomic E-state index is 4.53. The maximum Gasteiger partial charge on any atom is 0.0691 e. The van der Waals surface area contributed by atoms with Crippen LogP contribution in [0.5, 0.6) is 0 Å². The number of nitrogens with zero attached hydrogens (tertiary/aromatic N) is 1. The van der Waals surface area contributed by atoms with Crippen LogP contribution < -0.4 is 10.6 Å². The Morgan fingerprint density at radius 1 is 1.47 bits per heavy atom. The molecule has 4 heteroatoms. The summed E-state index contributed by atoms with van der Waals surface area (Å²) >= 11 is 4.53. The fraction of sp³-hybridized carbons (Fsp3) is 0.692. The zero-order valence-electron chi connectivity index (χ0n) is 11.7. The standard InChI is InChI=1S/C13H27N3S/c1-7-14-12(5)15-13(17)9-16(6)11(4)8-10(2)3/h8,12-15,17H,4,7,9H2,1-3,5-6H3. The van der Waals surface area contributed by atoms with Gasteiger partial charge >= 0.3 is 0 Å². The summed E-state index contributed by atoms with van der Waals surface area (Å²) in [7, 11) is 2.03. The number of hydrogen-bond donors (Lipinski definition) is 3. The number of allylic oxidation sites excluding steroid dienone is 2. The first-order valence-electron chi connectivity index (χ1n) is 6.09. The van der Waals surface area contributed by atoms with Crippen LogP contribution in [0.1, 0.15) is 27.7 Å². The highest BCUT2D eigenvalue weighted by molar-refractivity contribution is 7.80. The van der Waals surface area contributed by atoms with Gasteiger partial charge in [-0.05, 0) is 33.4 Å². The Balaban J connectivity index is 4.07. The van der Waals surface area contributed by atoms with Crippen LogP contribution in [-0.4, -0.2) is 36.6 Å². The Morgan fingerprint density at radius 2 is 2.06 bits per heavy atom. The van der Waals surface area contributed by atoms with Crippen LogP contribution in [0.25, 0.3) is 0 Å². The average Bonchev–Trinajstić information content (AvgIpc) is 2.16. The van der Waals surface area contributed by atoms with Gasteiger partial charge in [0.2, 0.25) is 0 Å². The molecule has 0 rings (SSSR count). The van der Waals surface area contributed by atoms with E-state index in [0.29, 0.717) is 0 Å². The lowest BCUT2D eigenvalue weighted by molar-refractivity contribution is 0.370. The van der Waals surface area contributed by atoms with Crippen LogP contribution in [0.15, 0.2) is 23.9 Å². The monoisotopic (exact) mass is 257 g/mol. The molecule has 2 N–H and O–H groups in total. The van der Waals surface area contributed by atoms with Gasteiger partial charge in [-0.3, -0.25) is 5.32 Å². The van der Waals surface area contributed by atoms with Gasteiger partial charge in [0, 0.05) is 19.3 Å². The van der Waals surface area contributed by atoms with Gasteiger partial charge in [0.15, 0.2) is 0 Å². The first kappa shape index (κ1) is 16.6. The number of rotatable bonds is 8. The molecule has 17 heavy (non-hydrogen) atoms. The van der Waals surface area contributed by atoms with Gasteiger partial charge < -0.3 is 10.2 Å². The van der Waals surface area contributed by atoms with E-state index in [1.165, 1.54) is 5.57 Å². The third-order valence-electron chi connectivity index (χ3n) is 2.35. The lowest BCUT2D eigenvalue weighted by atomic mass is 10.2. The second kappa shape index (κ2) is 8.61. The normalized spacial score (nSPS) is 14.0. The summed E-state index contributed by atoms with van der Waals surface area (Å²) < 4.78 is 0. The van der Waals surface area contributed by atoms with E-state index in [0.717, 1.165) is 18.8 Å². The Labute approximate surface area is 112 Å². The number of likely N-dealkylation sites (N-methyl/N-ethyl adjacent to an activating group) is 1. The van der Waals surface area contributed by atoms with Gasteiger partial charge in [-0.25, -0.2) is 0 Å². The largest absolute Gasteiger partial charge is 0.373 e. The highest BCUT2D eigenvalue weighted by Crippen LogP contribution is 2.06. The van der Waals surface area contributed by atoms with Crippen molar-refractivity contribution in [1.29, 1.82) is 0 Å². The van der Waals surface area contributed by atoms with Crippen LogP contribution in [-0.2, 0) is 0 Å². The minimum Gasteiger partial charge on any atom is -0.373 e.